The van der Waals surface area contributed by atoms with E-state index in [0.29, 0.717) is 26.1 Å². The number of rotatable bonds is 5. The molecule has 1 unspecified atom stereocenters. The van der Waals surface area contributed by atoms with Crippen molar-refractivity contribution in [1.29, 1.82) is 0 Å². The lowest BCUT2D eigenvalue weighted by Crippen LogP contribution is -2.48. The zero-order valence-electron chi connectivity index (χ0n) is 11.4. The number of nitrogens with zero attached hydrogens (tertiary/aromatic N) is 4. The van der Waals surface area contributed by atoms with Gasteiger partial charge in [0.25, 0.3) is 0 Å². The summed E-state index contributed by atoms with van der Waals surface area (Å²) in [7, 11) is 0. The van der Waals surface area contributed by atoms with Crippen LogP contribution in [-0.2, 0) is 17.9 Å². The smallest absolute Gasteiger partial charge is 0.318 e. The van der Waals surface area contributed by atoms with Gasteiger partial charge in [0.05, 0.1) is 13.0 Å². The van der Waals surface area contributed by atoms with Crippen LogP contribution in [0.5, 0.6) is 0 Å². The molecule has 0 spiro atoms. The molecule has 2 amide bonds. The second-order valence-electron chi connectivity index (χ2n) is 4.90. The third-order valence-corrected chi connectivity index (χ3v) is 3.31. The number of carboxylic acids is 1. The molecule has 0 radical (unpaired) electrons. The van der Waals surface area contributed by atoms with Gasteiger partial charge in [0.1, 0.15) is 6.33 Å². The van der Waals surface area contributed by atoms with Crippen LogP contribution in [0.15, 0.2) is 6.33 Å². The number of aliphatic carboxylic acids is 1. The van der Waals surface area contributed by atoms with E-state index in [4.69, 9.17) is 5.11 Å². The fraction of sp³-hybridized carbons (Fsp3) is 0.667. The van der Waals surface area contributed by atoms with Gasteiger partial charge in [0, 0.05) is 19.1 Å². The molecule has 2 heterocycles. The first-order valence-electron chi connectivity index (χ1n) is 6.74. The molecule has 1 aliphatic heterocycles. The highest BCUT2D eigenvalue weighted by atomic mass is 16.4. The summed E-state index contributed by atoms with van der Waals surface area (Å²) < 4.78 is 1.91. The van der Waals surface area contributed by atoms with Crippen molar-refractivity contribution in [2.45, 2.75) is 45.3 Å². The van der Waals surface area contributed by atoms with E-state index < -0.39 is 5.97 Å². The highest BCUT2D eigenvalue weighted by molar-refractivity contribution is 5.76. The van der Waals surface area contributed by atoms with Crippen LogP contribution in [0.3, 0.4) is 0 Å². The van der Waals surface area contributed by atoms with E-state index in [2.05, 4.69) is 15.5 Å². The number of nitrogens with one attached hydrogen (secondary N) is 1. The second kappa shape index (κ2) is 6.36. The minimum absolute atomic E-state index is 0.0520. The number of carbonyl (C=O) groups is 2. The Morgan fingerprint density at radius 1 is 1.50 bits per heavy atom. The Labute approximate surface area is 116 Å². The number of hydrogen-bond donors (Lipinski definition) is 2. The maximum absolute atomic E-state index is 12.2. The van der Waals surface area contributed by atoms with Gasteiger partial charge in [-0.05, 0) is 6.42 Å². The third kappa shape index (κ3) is 3.46. The summed E-state index contributed by atoms with van der Waals surface area (Å²) in [4.78, 5) is 24.6. The van der Waals surface area contributed by atoms with Crippen molar-refractivity contribution in [2.24, 2.45) is 0 Å². The molecule has 0 aromatic carbocycles. The minimum Gasteiger partial charge on any atom is -0.481 e. The van der Waals surface area contributed by atoms with Crippen LogP contribution in [0.1, 0.15) is 32.0 Å². The Bertz CT molecular complexity index is 487. The second-order valence-corrected chi connectivity index (χ2v) is 4.90. The third-order valence-electron chi connectivity index (χ3n) is 3.31. The molecular weight excluding hydrogens is 262 g/mol. The van der Waals surface area contributed by atoms with Crippen LogP contribution in [0.2, 0.25) is 0 Å². The summed E-state index contributed by atoms with van der Waals surface area (Å²) in [6, 6.07) is -0.566. The summed E-state index contributed by atoms with van der Waals surface area (Å²) >= 11 is 0. The van der Waals surface area contributed by atoms with Crippen LogP contribution >= 0.6 is 0 Å². The standard InChI is InChI=1S/C12H19N5O3/c1-2-3-9(6-11(18)19)14-12(20)16-4-5-17-8-13-15-10(17)7-16/h8-9H,2-7H2,1H3,(H,14,20)(H,18,19). The monoisotopic (exact) mass is 281 g/mol. The van der Waals surface area contributed by atoms with E-state index in [1.165, 1.54) is 0 Å². The van der Waals surface area contributed by atoms with Gasteiger partial charge in [-0.1, -0.05) is 13.3 Å². The molecule has 0 saturated carbocycles. The van der Waals surface area contributed by atoms with Crippen molar-refractivity contribution in [3.63, 3.8) is 0 Å². The Morgan fingerprint density at radius 2 is 2.30 bits per heavy atom. The van der Waals surface area contributed by atoms with Crippen LogP contribution in [-0.4, -0.2) is 49.4 Å². The Balaban J connectivity index is 1.92. The lowest BCUT2D eigenvalue weighted by Gasteiger charge is -2.29. The zero-order valence-corrected chi connectivity index (χ0v) is 11.4. The van der Waals surface area contributed by atoms with Gasteiger partial charge in [0.2, 0.25) is 0 Å². The normalized spacial score (nSPS) is 15.6. The van der Waals surface area contributed by atoms with E-state index in [1.54, 1.807) is 11.2 Å². The fourth-order valence-corrected chi connectivity index (χ4v) is 2.29. The first-order valence-corrected chi connectivity index (χ1v) is 6.74. The van der Waals surface area contributed by atoms with Gasteiger partial charge in [0.15, 0.2) is 5.82 Å². The zero-order chi connectivity index (χ0) is 14.5. The molecule has 0 saturated heterocycles. The number of hydrogen-bond acceptors (Lipinski definition) is 4. The number of carbonyl (C=O) groups excluding carboxylic acids is 1. The van der Waals surface area contributed by atoms with Gasteiger partial charge < -0.3 is 19.9 Å². The SMILES string of the molecule is CCCC(CC(=O)O)NC(=O)N1CCn2cnnc2C1. The summed E-state index contributed by atoms with van der Waals surface area (Å²) in [6.07, 6.45) is 3.08. The van der Waals surface area contributed by atoms with Gasteiger partial charge in [-0.15, -0.1) is 10.2 Å². The molecule has 2 N–H and O–H groups in total. The van der Waals surface area contributed by atoms with E-state index in [1.807, 2.05) is 11.5 Å². The van der Waals surface area contributed by atoms with Crippen molar-refractivity contribution < 1.29 is 14.7 Å². The first-order chi connectivity index (χ1) is 9.60. The molecule has 0 aliphatic carbocycles. The van der Waals surface area contributed by atoms with Gasteiger partial charge >= 0.3 is 12.0 Å². The molecule has 8 nitrogen and oxygen atoms in total. The summed E-state index contributed by atoms with van der Waals surface area (Å²) in [5.41, 5.74) is 0. The van der Waals surface area contributed by atoms with Gasteiger partial charge in [-0.25, -0.2) is 4.79 Å². The number of fused-ring (bicyclic) bond motifs is 1. The van der Waals surface area contributed by atoms with Crippen molar-refractivity contribution >= 4 is 12.0 Å². The molecule has 2 rings (SSSR count). The van der Waals surface area contributed by atoms with E-state index in [9.17, 15) is 9.59 Å². The van der Waals surface area contributed by atoms with Gasteiger partial charge in [-0.2, -0.15) is 0 Å². The molecular formula is C12H19N5O3. The van der Waals surface area contributed by atoms with Gasteiger partial charge in [-0.3, -0.25) is 4.79 Å². The average Bonchev–Trinajstić information content (AvgIpc) is 2.85. The summed E-state index contributed by atoms with van der Waals surface area (Å²) in [5.74, 6) is -0.154. The highest BCUT2D eigenvalue weighted by Crippen LogP contribution is 2.10. The molecule has 0 fully saturated rings. The number of amides is 2. The number of carboxylic acid groups (broad SMARTS) is 1. The first kappa shape index (κ1) is 14.3. The lowest BCUT2D eigenvalue weighted by atomic mass is 10.1. The molecule has 1 aliphatic rings. The summed E-state index contributed by atoms with van der Waals surface area (Å²) in [6.45, 7) is 3.60. The van der Waals surface area contributed by atoms with Crippen LogP contribution < -0.4 is 5.32 Å². The van der Waals surface area contributed by atoms with Crippen molar-refractivity contribution in [3.8, 4) is 0 Å². The Morgan fingerprint density at radius 3 is 3.00 bits per heavy atom. The van der Waals surface area contributed by atoms with Crippen LogP contribution in [0.25, 0.3) is 0 Å². The molecule has 20 heavy (non-hydrogen) atoms. The minimum atomic E-state index is -0.901. The molecule has 1 aromatic heterocycles. The fourth-order valence-electron chi connectivity index (χ4n) is 2.29. The topological polar surface area (TPSA) is 100 Å². The van der Waals surface area contributed by atoms with E-state index in [-0.39, 0.29) is 18.5 Å². The van der Waals surface area contributed by atoms with Crippen molar-refractivity contribution in [3.05, 3.63) is 12.2 Å². The molecule has 0 bridgehead atoms. The summed E-state index contributed by atoms with van der Waals surface area (Å²) in [5, 5.41) is 19.4. The highest BCUT2D eigenvalue weighted by Gasteiger charge is 2.24. The van der Waals surface area contributed by atoms with Crippen molar-refractivity contribution in [2.75, 3.05) is 6.54 Å². The average molecular weight is 281 g/mol. The predicted octanol–water partition coefficient (Wildman–Crippen LogP) is 0.447. The van der Waals surface area contributed by atoms with Crippen LogP contribution in [0, 0.1) is 0 Å². The van der Waals surface area contributed by atoms with Crippen LogP contribution in [0.4, 0.5) is 4.79 Å². The largest absolute Gasteiger partial charge is 0.481 e. The quantitative estimate of drug-likeness (QED) is 0.816. The van der Waals surface area contributed by atoms with Crippen molar-refractivity contribution in [1.82, 2.24) is 25.0 Å². The predicted molar refractivity (Wildman–Crippen MR) is 69.9 cm³/mol. The van der Waals surface area contributed by atoms with E-state index >= 15 is 0 Å². The Kier molecular flexibility index (Phi) is 4.54. The molecule has 110 valence electrons. The number of aromatic nitrogens is 3. The molecule has 1 atom stereocenters. The Hall–Kier alpha value is -2.12. The van der Waals surface area contributed by atoms with E-state index in [0.717, 1.165) is 12.2 Å². The maximum atomic E-state index is 12.2. The molecule has 1 aromatic rings. The lowest BCUT2D eigenvalue weighted by molar-refractivity contribution is -0.137. The maximum Gasteiger partial charge on any atom is 0.318 e. The number of urea groups is 1. The molecule has 8 heteroatoms.